The van der Waals surface area contributed by atoms with Crippen LogP contribution in [0.5, 0.6) is 0 Å². The fourth-order valence-electron chi connectivity index (χ4n) is 2.75. The summed E-state index contributed by atoms with van der Waals surface area (Å²) in [4.78, 5) is 21.0. The Kier molecular flexibility index (Phi) is 15.7. The van der Waals surface area contributed by atoms with Gasteiger partial charge >= 0.3 is 176 Å². The number of rotatable bonds is 17. The van der Waals surface area contributed by atoms with E-state index in [-0.39, 0.29) is 35.9 Å². The standard InChI is InChI=1S/C18H36INO10P/c1-14(23)20-16-10-19-17(11-22)30-18(16)29-15(13-28-31(24,25)26-2)12-27-9-7-5-3-4-6-8-21/h15-18,21-22H,3-13H2,1-2H3,(H,20,23)(H,24,25)/q-1/p+1/t15?,16?,17-,18-/m1/s1. The fraction of sp³-hybridized carbons (Fsp3) is 0.944. The van der Waals surface area contributed by atoms with E-state index in [1.54, 1.807) is 0 Å². The van der Waals surface area contributed by atoms with Crippen molar-refractivity contribution in [1.82, 2.24) is 5.32 Å². The Bertz CT molecular complexity index is 543. The number of carbonyl (C=O) groups excluding carboxylic acids is 1. The minimum absolute atomic E-state index is 0.0991. The number of nitrogens with one attached hydrogen (secondary N) is 1. The maximum absolute atomic E-state index is 11.7. The van der Waals surface area contributed by atoms with Crippen LogP contribution in [0.4, 0.5) is 0 Å². The number of unbranched alkanes of at least 4 members (excludes halogenated alkanes) is 4. The molecule has 0 aromatic heterocycles. The van der Waals surface area contributed by atoms with Crippen molar-refractivity contribution in [2.45, 2.75) is 61.6 Å². The molecule has 1 heterocycles. The SMILES string of the molecule is COP(=O)(O)OCC(COCCCCCCC[OH2+])O[C@@H]1O[C@H](CO)[I-]CC1NC(C)=O. The van der Waals surface area contributed by atoms with Crippen LogP contribution < -0.4 is 26.5 Å². The third-order valence-electron chi connectivity index (χ3n) is 4.32. The van der Waals surface area contributed by atoms with E-state index < -0.39 is 41.4 Å². The zero-order valence-corrected chi connectivity index (χ0v) is 21.2. The van der Waals surface area contributed by atoms with Crippen molar-refractivity contribution >= 4 is 13.7 Å². The van der Waals surface area contributed by atoms with Crippen LogP contribution in [0, 0.1) is 0 Å². The van der Waals surface area contributed by atoms with E-state index >= 15 is 0 Å². The quantitative estimate of drug-likeness (QED) is 0.0536. The van der Waals surface area contributed by atoms with Crippen molar-refractivity contribution in [3.63, 3.8) is 0 Å². The third kappa shape index (κ3) is 13.4. The van der Waals surface area contributed by atoms with Gasteiger partial charge in [-0.25, -0.2) is 0 Å². The number of aliphatic hydroxyl groups is 1. The molecule has 1 rings (SSSR count). The summed E-state index contributed by atoms with van der Waals surface area (Å²) in [6, 6.07) is -0.379. The molecule has 13 heteroatoms. The predicted molar refractivity (Wildman–Crippen MR) is 108 cm³/mol. The van der Waals surface area contributed by atoms with Crippen LogP contribution in [0.25, 0.3) is 0 Å². The Morgan fingerprint density at radius 2 is 2.00 bits per heavy atom. The first-order valence-corrected chi connectivity index (χ1v) is 14.6. The topological polar surface area (TPSA) is 156 Å². The Hall–Kier alpha value is 0.110. The van der Waals surface area contributed by atoms with Gasteiger partial charge in [0, 0.05) is 6.42 Å². The number of aliphatic hydroxyl groups excluding tert-OH is 1. The summed E-state index contributed by atoms with van der Waals surface area (Å²) in [5, 5.41) is 19.4. The Morgan fingerprint density at radius 1 is 1.29 bits per heavy atom. The molecule has 11 nitrogen and oxygen atoms in total. The second kappa shape index (κ2) is 16.7. The molecule has 1 fully saturated rings. The molecular formula is C18H37INO10P. The van der Waals surface area contributed by atoms with Crippen LogP contribution in [-0.4, -0.2) is 88.1 Å². The number of ether oxygens (including phenoxy) is 3. The number of phosphoric ester groups is 1. The number of carbonyl (C=O) groups is 1. The molecule has 1 aliphatic heterocycles. The van der Waals surface area contributed by atoms with E-state index in [4.69, 9.17) is 23.8 Å². The monoisotopic (exact) mass is 585 g/mol. The van der Waals surface area contributed by atoms with Gasteiger partial charge in [0.2, 0.25) is 0 Å². The number of hydrogen-bond donors (Lipinski definition) is 3. The fourth-order valence-corrected chi connectivity index (χ4v) is 5.74. The predicted octanol–water partition coefficient (Wildman–Crippen LogP) is -2.90. The number of amides is 1. The molecule has 0 aromatic rings. The van der Waals surface area contributed by atoms with Gasteiger partial charge in [-0.05, 0) is 0 Å². The number of hydrogen-bond acceptors (Lipinski definition) is 8. The van der Waals surface area contributed by atoms with Gasteiger partial charge in [-0.2, -0.15) is 0 Å². The normalized spacial score (nSPS) is 24.7. The van der Waals surface area contributed by atoms with Gasteiger partial charge < -0.3 is 5.11 Å². The summed E-state index contributed by atoms with van der Waals surface area (Å²) >= 11 is -0.476. The molecule has 31 heavy (non-hydrogen) atoms. The van der Waals surface area contributed by atoms with Gasteiger partial charge in [-0.3, -0.25) is 0 Å². The Balaban J connectivity index is 2.61. The molecule has 1 saturated heterocycles. The molecule has 1 amide bonds. The van der Waals surface area contributed by atoms with E-state index in [0.29, 0.717) is 17.6 Å². The second-order valence-corrected chi connectivity index (χ2v) is 11.7. The molecular weight excluding hydrogens is 548 g/mol. The molecule has 5 N–H and O–H groups in total. The van der Waals surface area contributed by atoms with Crippen molar-refractivity contribution in [1.29, 1.82) is 0 Å². The van der Waals surface area contributed by atoms with E-state index in [2.05, 4.69) is 9.84 Å². The van der Waals surface area contributed by atoms with Crippen molar-refractivity contribution in [3.05, 3.63) is 0 Å². The summed E-state index contributed by atoms with van der Waals surface area (Å²) in [5.41, 5.74) is 0. The van der Waals surface area contributed by atoms with Gasteiger partial charge in [0.25, 0.3) is 0 Å². The second-order valence-electron chi connectivity index (χ2n) is 7.01. The van der Waals surface area contributed by atoms with Crippen LogP contribution in [0.15, 0.2) is 0 Å². The van der Waals surface area contributed by atoms with Gasteiger partial charge in [0.1, 0.15) is 6.61 Å². The number of alkyl halides is 2. The molecule has 5 atom stereocenters. The zero-order valence-electron chi connectivity index (χ0n) is 18.2. The molecule has 3 unspecified atom stereocenters. The number of halogens is 1. The summed E-state index contributed by atoms with van der Waals surface area (Å²) in [5.74, 6) is -0.220. The zero-order chi connectivity index (χ0) is 23.1. The van der Waals surface area contributed by atoms with Gasteiger partial charge in [0.15, 0.2) is 0 Å². The first kappa shape index (κ1) is 29.1. The Morgan fingerprint density at radius 3 is 2.65 bits per heavy atom. The van der Waals surface area contributed by atoms with Gasteiger partial charge in [0.05, 0.1) is 0 Å². The minimum atomic E-state index is -4.19. The summed E-state index contributed by atoms with van der Waals surface area (Å²) in [6.45, 7) is 2.05. The third-order valence-corrected chi connectivity index (χ3v) is 8.38. The van der Waals surface area contributed by atoms with E-state index in [1.807, 2.05) is 0 Å². The van der Waals surface area contributed by atoms with E-state index in [9.17, 15) is 19.4 Å². The van der Waals surface area contributed by atoms with Gasteiger partial charge in [-0.15, -0.1) is 0 Å². The van der Waals surface area contributed by atoms with E-state index in [0.717, 1.165) is 39.2 Å². The van der Waals surface area contributed by atoms with Crippen molar-refractivity contribution in [2.24, 2.45) is 0 Å². The van der Waals surface area contributed by atoms with Crippen LogP contribution in [-0.2, 0) is 32.6 Å². The van der Waals surface area contributed by atoms with Crippen LogP contribution in [0.3, 0.4) is 0 Å². The van der Waals surface area contributed by atoms with Crippen molar-refractivity contribution in [3.8, 4) is 0 Å². The molecule has 0 bridgehead atoms. The van der Waals surface area contributed by atoms with E-state index in [1.165, 1.54) is 6.92 Å². The van der Waals surface area contributed by atoms with Gasteiger partial charge in [-0.1, -0.05) is 0 Å². The molecule has 1 aliphatic rings. The molecule has 0 radical (unpaired) electrons. The average Bonchev–Trinajstić information content (AvgIpc) is 2.74. The molecule has 0 spiro atoms. The summed E-state index contributed by atoms with van der Waals surface area (Å²) in [7, 11) is -3.12. The van der Waals surface area contributed by atoms with Crippen LogP contribution >= 0.6 is 7.82 Å². The first-order valence-electron chi connectivity index (χ1n) is 10.3. The Labute approximate surface area is 194 Å². The molecule has 186 valence electrons. The van der Waals surface area contributed by atoms with Crippen LogP contribution in [0.1, 0.15) is 39.0 Å². The molecule has 0 aromatic carbocycles. The van der Waals surface area contributed by atoms with Crippen molar-refractivity contribution in [2.75, 3.05) is 44.6 Å². The molecule has 0 aliphatic carbocycles. The first-order chi connectivity index (χ1) is 14.8. The average molecular weight is 585 g/mol. The van der Waals surface area contributed by atoms with Crippen molar-refractivity contribution < 1.29 is 68.9 Å². The molecule has 0 saturated carbocycles. The maximum atomic E-state index is 11.7. The number of phosphoric acid groups is 1. The summed E-state index contributed by atoms with van der Waals surface area (Å²) in [6.07, 6.45) is 3.26. The summed E-state index contributed by atoms with van der Waals surface area (Å²) < 4.78 is 38.8. The van der Waals surface area contributed by atoms with Crippen LogP contribution in [0.2, 0.25) is 0 Å².